The van der Waals surface area contributed by atoms with Crippen molar-refractivity contribution in [1.82, 2.24) is 0 Å². The Morgan fingerprint density at radius 2 is 2.33 bits per heavy atom. The van der Waals surface area contributed by atoms with Gasteiger partial charge in [0.05, 0.1) is 5.69 Å². The fraction of sp³-hybridized carbons (Fsp3) is 0.333. The second-order valence-corrected chi connectivity index (χ2v) is 3.37. The maximum absolute atomic E-state index is 5.78. The van der Waals surface area contributed by atoms with Gasteiger partial charge in [-0.15, -0.1) is 11.3 Å². The zero-order valence-electron chi connectivity index (χ0n) is 5.31. The average molecular weight is 161 g/mol. The van der Waals surface area contributed by atoms with Gasteiger partial charge in [0.25, 0.3) is 0 Å². The van der Waals surface area contributed by atoms with Gasteiger partial charge in [-0.2, -0.15) is 0 Å². The number of hydrogen-bond acceptors (Lipinski definition) is 2. The lowest BCUT2D eigenvalue weighted by Gasteiger charge is -2.08. The third-order valence-corrected chi connectivity index (χ3v) is 2.08. The summed E-state index contributed by atoms with van der Waals surface area (Å²) in [5.74, 6) is 0. The molecule has 0 saturated carbocycles. The molecule has 1 rings (SSSR count). The van der Waals surface area contributed by atoms with Crippen LogP contribution in [0.15, 0.2) is 6.07 Å². The van der Waals surface area contributed by atoms with E-state index in [1.807, 2.05) is 25.1 Å². The van der Waals surface area contributed by atoms with Gasteiger partial charge < -0.3 is 4.90 Å². The first-order valence-corrected chi connectivity index (χ1v) is 3.74. The van der Waals surface area contributed by atoms with Crippen LogP contribution in [-0.4, -0.2) is 14.1 Å². The molecule has 0 aliphatic rings. The summed E-state index contributed by atoms with van der Waals surface area (Å²) in [6, 6.07) is 1.88. The third kappa shape index (κ3) is 1.37. The highest BCUT2D eigenvalue weighted by molar-refractivity contribution is 7.14. The highest BCUT2D eigenvalue weighted by Gasteiger charge is 2.01. The number of halogens is 1. The van der Waals surface area contributed by atoms with Crippen LogP contribution in [0.1, 0.15) is 0 Å². The van der Waals surface area contributed by atoms with E-state index < -0.39 is 0 Å². The molecule has 0 amide bonds. The van der Waals surface area contributed by atoms with Crippen LogP contribution >= 0.6 is 22.9 Å². The van der Waals surface area contributed by atoms with Crippen molar-refractivity contribution >= 4 is 28.6 Å². The van der Waals surface area contributed by atoms with Crippen LogP contribution in [0, 0.1) is 5.38 Å². The molecular formula is C6H7ClNS. The standard InChI is InChI=1S/C6H7ClNS/c1-8(2)5-3-4-9-6(5)7/h3H,1-2H3. The molecule has 0 spiro atoms. The minimum atomic E-state index is 0.806. The molecule has 0 aliphatic carbocycles. The van der Waals surface area contributed by atoms with Gasteiger partial charge in [0.2, 0.25) is 0 Å². The highest BCUT2D eigenvalue weighted by Crippen LogP contribution is 2.28. The molecule has 0 aliphatic heterocycles. The second-order valence-electron chi connectivity index (χ2n) is 1.92. The van der Waals surface area contributed by atoms with Crippen molar-refractivity contribution in [3.8, 4) is 0 Å². The van der Waals surface area contributed by atoms with Gasteiger partial charge in [-0.1, -0.05) is 11.6 Å². The molecule has 49 valence electrons. The molecule has 1 aromatic heterocycles. The van der Waals surface area contributed by atoms with Crippen LogP contribution in [0.5, 0.6) is 0 Å². The Morgan fingerprint density at radius 1 is 1.67 bits per heavy atom. The average Bonchev–Trinajstić information content (AvgIpc) is 2.13. The maximum Gasteiger partial charge on any atom is 0.117 e. The lowest BCUT2D eigenvalue weighted by Crippen LogP contribution is -2.07. The molecule has 3 heteroatoms. The van der Waals surface area contributed by atoms with E-state index >= 15 is 0 Å². The molecule has 0 bridgehead atoms. The molecule has 9 heavy (non-hydrogen) atoms. The minimum absolute atomic E-state index is 0.806. The molecule has 0 N–H and O–H groups in total. The van der Waals surface area contributed by atoms with Crippen LogP contribution in [0.2, 0.25) is 4.34 Å². The maximum atomic E-state index is 5.78. The van der Waals surface area contributed by atoms with Crippen molar-refractivity contribution in [2.45, 2.75) is 0 Å². The SMILES string of the molecule is CN(C)c1c[c]sc1Cl. The van der Waals surface area contributed by atoms with Crippen LogP contribution < -0.4 is 4.90 Å². The summed E-state index contributed by atoms with van der Waals surface area (Å²) in [5, 5.41) is 2.95. The summed E-state index contributed by atoms with van der Waals surface area (Å²) in [5.41, 5.74) is 1.04. The summed E-state index contributed by atoms with van der Waals surface area (Å²) in [6.07, 6.45) is 0. The smallest absolute Gasteiger partial charge is 0.117 e. The molecule has 1 heterocycles. The van der Waals surface area contributed by atoms with E-state index in [-0.39, 0.29) is 0 Å². The van der Waals surface area contributed by atoms with Gasteiger partial charge in [-0.3, -0.25) is 0 Å². The molecule has 0 unspecified atom stereocenters. The van der Waals surface area contributed by atoms with Crippen LogP contribution in [-0.2, 0) is 0 Å². The molecular weight excluding hydrogens is 154 g/mol. The van der Waals surface area contributed by atoms with E-state index in [9.17, 15) is 0 Å². The first-order valence-electron chi connectivity index (χ1n) is 2.54. The van der Waals surface area contributed by atoms with Crippen molar-refractivity contribution in [3.05, 3.63) is 15.8 Å². The Kier molecular flexibility index (Phi) is 1.98. The Balaban J connectivity index is 2.94. The van der Waals surface area contributed by atoms with E-state index in [2.05, 4.69) is 5.38 Å². The molecule has 0 aromatic carbocycles. The van der Waals surface area contributed by atoms with Crippen molar-refractivity contribution in [2.75, 3.05) is 19.0 Å². The van der Waals surface area contributed by atoms with Crippen LogP contribution in [0.25, 0.3) is 0 Å². The van der Waals surface area contributed by atoms with E-state index in [0.29, 0.717) is 0 Å². The summed E-state index contributed by atoms with van der Waals surface area (Å²) in [7, 11) is 3.92. The van der Waals surface area contributed by atoms with Gasteiger partial charge in [-0.05, 0) is 6.07 Å². The van der Waals surface area contributed by atoms with E-state index in [4.69, 9.17) is 11.6 Å². The first-order chi connectivity index (χ1) is 4.22. The molecule has 1 aromatic rings. The van der Waals surface area contributed by atoms with Gasteiger partial charge >= 0.3 is 0 Å². The molecule has 0 fully saturated rings. The van der Waals surface area contributed by atoms with Gasteiger partial charge in [0.15, 0.2) is 0 Å². The summed E-state index contributed by atoms with van der Waals surface area (Å²) in [6.45, 7) is 0. The Labute approximate surface area is 63.9 Å². The quantitative estimate of drug-likeness (QED) is 0.609. The fourth-order valence-corrected chi connectivity index (χ4v) is 1.53. The summed E-state index contributed by atoms with van der Waals surface area (Å²) in [4.78, 5) is 1.97. The van der Waals surface area contributed by atoms with Gasteiger partial charge in [-0.25, -0.2) is 0 Å². The predicted octanol–water partition coefficient (Wildman–Crippen LogP) is 2.27. The lowest BCUT2D eigenvalue weighted by molar-refractivity contribution is 1.14. The molecule has 1 nitrogen and oxygen atoms in total. The molecule has 0 atom stereocenters. The highest BCUT2D eigenvalue weighted by atomic mass is 35.5. The summed E-state index contributed by atoms with van der Waals surface area (Å²) >= 11 is 7.21. The largest absolute Gasteiger partial charge is 0.376 e. The fourth-order valence-electron chi connectivity index (χ4n) is 0.551. The Bertz CT molecular complexity index is 195. The number of hydrogen-bond donors (Lipinski definition) is 0. The van der Waals surface area contributed by atoms with Gasteiger partial charge in [0, 0.05) is 19.5 Å². The molecule has 1 radical (unpaired) electrons. The zero-order chi connectivity index (χ0) is 6.85. The van der Waals surface area contributed by atoms with Crippen molar-refractivity contribution < 1.29 is 0 Å². The van der Waals surface area contributed by atoms with Crippen molar-refractivity contribution in [2.24, 2.45) is 0 Å². The predicted molar refractivity (Wildman–Crippen MR) is 42.5 cm³/mol. The third-order valence-electron chi connectivity index (χ3n) is 1.03. The number of nitrogens with zero attached hydrogens (tertiary/aromatic N) is 1. The normalized spacial score (nSPS) is 9.67. The van der Waals surface area contributed by atoms with Gasteiger partial charge in [0.1, 0.15) is 4.34 Å². The topological polar surface area (TPSA) is 3.24 Å². The zero-order valence-corrected chi connectivity index (χ0v) is 6.88. The number of thiophene rings is 1. The first kappa shape index (κ1) is 6.90. The Hall–Kier alpha value is -0.210. The minimum Gasteiger partial charge on any atom is -0.376 e. The molecule has 0 saturated heterocycles. The van der Waals surface area contributed by atoms with E-state index in [1.54, 1.807) is 0 Å². The Morgan fingerprint density at radius 3 is 2.56 bits per heavy atom. The second kappa shape index (κ2) is 2.58. The van der Waals surface area contributed by atoms with E-state index in [1.165, 1.54) is 11.3 Å². The monoisotopic (exact) mass is 160 g/mol. The summed E-state index contributed by atoms with van der Waals surface area (Å²) < 4.78 is 0.806. The van der Waals surface area contributed by atoms with Crippen LogP contribution in [0.3, 0.4) is 0 Å². The van der Waals surface area contributed by atoms with E-state index in [0.717, 1.165) is 10.0 Å². The van der Waals surface area contributed by atoms with Crippen molar-refractivity contribution in [1.29, 1.82) is 0 Å². The van der Waals surface area contributed by atoms with Crippen LogP contribution in [0.4, 0.5) is 5.69 Å². The lowest BCUT2D eigenvalue weighted by atomic mass is 10.5. The number of rotatable bonds is 1. The van der Waals surface area contributed by atoms with Crippen molar-refractivity contribution in [3.63, 3.8) is 0 Å². The number of anilines is 1.